The average molecular weight is 1490 g/mol. The number of nitrogens with one attached hydrogen (secondary N) is 4. The van der Waals surface area contributed by atoms with Crippen LogP contribution >= 0.6 is 0 Å². The monoisotopic (exact) mass is 1490 g/mol. The maximum absolute atomic E-state index is 15.6. The van der Waals surface area contributed by atoms with Gasteiger partial charge in [-0.2, -0.15) is 8.78 Å². The third kappa shape index (κ3) is 27.2. The van der Waals surface area contributed by atoms with Crippen molar-refractivity contribution in [3.8, 4) is 5.75 Å². The molecule has 2 aliphatic heterocycles. The van der Waals surface area contributed by atoms with Crippen LogP contribution in [0.3, 0.4) is 0 Å². The molecule has 4 rings (SSSR count). The maximum Gasteiger partial charge on any atom is 0.387 e. The van der Waals surface area contributed by atoms with Crippen molar-refractivity contribution in [3.63, 3.8) is 0 Å². The minimum atomic E-state index is -3.14. The molecule has 2 heterocycles. The van der Waals surface area contributed by atoms with Crippen LogP contribution in [0.2, 0.25) is 0 Å². The van der Waals surface area contributed by atoms with E-state index in [1.807, 2.05) is 41.5 Å². The van der Waals surface area contributed by atoms with Crippen LogP contribution in [0.4, 0.5) is 8.78 Å². The van der Waals surface area contributed by atoms with E-state index in [2.05, 4.69) is 26.0 Å². The van der Waals surface area contributed by atoms with Crippen molar-refractivity contribution in [3.05, 3.63) is 65.7 Å². The van der Waals surface area contributed by atoms with Crippen LogP contribution in [0.25, 0.3) is 0 Å². The Balaban J connectivity index is 1.97. The smallest absolute Gasteiger partial charge is 0.387 e. The molecule has 2 fully saturated rings. The molecular weight excluding hydrogens is 1370 g/mol. The van der Waals surface area contributed by atoms with Crippen molar-refractivity contribution < 1.29 is 80.9 Å². The van der Waals surface area contributed by atoms with E-state index >= 15 is 24.0 Å². The summed E-state index contributed by atoms with van der Waals surface area (Å²) in [7, 11) is 9.71. The first-order valence-corrected chi connectivity index (χ1v) is 37.2. The number of alkyl halides is 2. The number of piperidine rings is 1. The first-order valence-electron chi connectivity index (χ1n) is 37.2. The van der Waals surface area contributed by atoms with Crippen LogP contribution in [0.5, 0.6) is 5.75 Å². The summed E-state index contributed by atoms with van der Waals surface area (Å²) < 4.78 is 37.6. The molecule has 2 aromatic carbocycles. The summed E-state index contributed by atoms with van der Waals surface area (Å²) in [5, 5.41) is 22.5. The Bertz CT molecular complexity index is 3280. The van der Waals surface area contributed by atoms with Gasteiger partial charge in [0.2, 0.25) is 70.9 Å². The summed E-state index contributed by atoms with van der Waals surface area (Å²) in [5.41, 5.74) is 0.0679. The summed E-state index contributed by atoms with van der Waals surface area (Å²) in [5.74, 6) is -9.94. The van der Waals surface area contributed by atoms with Crippen molar-refractivity contribution in [2.24, 2.45) is 23.7 Å². The van der Waals surface area contributed by atoms with E-state index in [-0.39, 0.29) is 87.3 Å². The molecule has 27 nitrogen and oxygen atoms in total. The number of aliphatic hydroxyl groups excluding tert-OH is 1. The van der Waals surface area contributed by atoms with Crippen molar-refractivity contribution >= 4 is 70.9 Å². The predicted octanol–water partition coefficient (Wildman–Crippen LogP) is 5.03. The highest BCUT2D eigenvalue weighted by Gasteiger charge is 2.44. The number of rotatable bonds is 18. The minimum Gasteiger partial charge on any atom is -0.435 e. The molecule has 106 heavy (non-hydrogen) atoms. The molecule has 5 N–H and O–H groups in total. The van der Waals surface area contributed by atoms with Crippen LogP contribution in [-0.4, -0.2) is 270 Å². The van der Waals surface area contributed by atoms with Crippen LogP contribution in [0.1, 0.15) is 165 Å². The number of halogens is 2. The SMILES string of the molecule is CC(C)C[C@H]1C(=O)N[C@@H](Cc2ccc(OC(F)F)cc2)C(=O)N(C)[C@@H](CC(C)C)C(=O)N(C)[C@@H](Cc2ccccc2)C(=O)N[C@@H](COC(C)(C)C)C(=O)N(C)[C@@H](CC(C)C)C(=O)NC([C@@H](C)O)C(=O)N(C)[C@@H](C)C(=O)N(C)[C@@H](CC(C)C)C(=O)N[C@H](C(=O)N2CCCCC2)CC(=O)N(C)CCCC(=O)N1C. The standard InChI is InChI=1S/C77H122F2N12O15/c1-46(2)38-58-66(95)80-55(42-53-31-33-54(34-32-53)106-76(78)79)71(100)90(20)62(41-49(7)8)74(103)89(19)61(43-52-28-23-21-24-29-52)68(97)82-57(45-105-77(11,12)13)72(101)88(18)60(40-48(5)6)69(98)83-65(51(10)92)75(104)85(15)50(9)70(99)87(17)59(39-47(3)4)67(96)81-56(73(102)91-36-25-22-26-37-91)44-64(94)84(14)35-27-30-63(93)86(58)16/h21,23-24,28-29,31-34,46-51,55-62,65,76,92H,22,25-27,30,35-45H2,1-20H3,(H,80,95)(H,81,96)(H,82,97)(H,83,98)/t50-,51+,55-,56-,57-,58-,59-,60-,61-,62-,65?/m0/s1. The van der Waals surface area contributed by atoms with E-state index in [1.54, 1.807) is 69.9 Å². The molecular formula is C77H122F2N12O15. The van der Waals surface area contributed by atoms with E-state index in [9.17, 15) is 47.4 Å². The Morgan fingerprint density at radius 1 is 0.500 bits per heavy atom. The summed E-state index contributed by atoms with van der Waals surface area (Å²) in [6.07, 6.45) is -0.168. The van der Waals surface area contributed by atoms with Gasteiger partial charge in [-0.1, -0.05) is 97.9 Å². The summed E-state index contributed by atoms with van der Waals surface area (Å²) in [6.45, 7) is 19.6. The summed E-state index contributed by atoms with van der Waals surface area (Å²) in [4.78, 5) is 189. The molecule has 11 atom stereocenters. The van der Waals surface area contributed by atoms with Gasteiger partial charge < -0.3 is 75.0 Å². The lowest BCUT2D eigenvalue weighted by atomic mass is 9.97. The van der Waals surface area contributed by atoms with E-state index in [4.69, 9.17) is 4.74 Å². The van der Waals surface area contributed by atoms with Crippen molar-refractivity contribution in [2.75, 3.05) is 75.6 Å². The fourth-order valence-corrected chi connectivity index (χ4v) is 13.0. The first-order chi connectivity index (χ1) is 49.5. The molecule has 2 saturated heterocycles. The molecule has 1 unspecified atom stereocenters. The van der Waals surface area contributed by atoms with Gasteiger partial charge in [-0.05, 0) is 133 Å². The van der Waals surface area contributed by atoms with E-state index < -0.39 is 163 Å². The van der Waals surface area contributed by atoms with Gasteiger partial charge in [0.15, 0.2) is 0 Å². The first kappa shape index (κ1) is 90.1. The van der Waals surface area contributed by atoms with E-state index in [0.717, 1.165) is 21.1 Å². The predicted molar refractivity (Wildman–Crippen MR) is 397 cm³/mol. The minimum absolute atomic E-state index is 0.00960. The van der Waals surface area contributed by atoms with Gasteiger partial charge in [-0.15, -0.1) is 0 Å². The number of likely N-dealkylation sites (tertiary alicyclic amines) is 1. The number of amides is 12. The number of benzene rings is 2. The molecule has 2 aromatic rings. The van der Waals surface area contributed by atoms with Gasteiger partial charge in [0.1, 0.15) is 66.2 Å². The molecule has 0 aliphatic carbocycles. The fraction of sp³-hybridized carbons (Fsp3) is 0.688. The second-order valence-corrected chi connectivity index (χ2v) is 31.3. The number of ether oxygens (including phenoxy) is 2. The maximum atomic E-state index is 15.6. The lowest BCUT2D eigenvalue weighted by Crippen LogP contribution is -2.63. The molecule has 29 heteroatoms. The molecule has 0 saturated carbocycles. The quantitative estimate of drug-likeness (QED) is 0.131. The average Bonchev–Trinajstić information content (AvgIpc) is 0.810. The largest absolute Gasteiger partial charge is 0.435 e. The molecule has 12 amide bonds. The Kier molecular flexibility index (Phi) is 35.4. The fourth-order valence-electron chi connectivity index (χ4n) is 13.0. The van der Waals surface area contributed by atoms with Crippen LogP contribution in [-0.2, 0) is 75.1 Å². The molecule has 594 valence electrons. The third-order valence-electron chi connectivity index (χ3n) is 19.5. The topological polar surface area (TPSA) is 318 Å². The zero-order valence-electron chi connectivity index (χ0n) is 66.2. The number of hydrogen-bond donors (Lipinski definition) is 5. The summed E-state index contributed by atoms with van der Waals surface area (Å²) in [6, 6.07) is 0.0610. The van der Waals surface area contributed by atoms with Gasteiger partial charge in [-0.3, -0.25) is 57.5 Å². The van der Waals surface area contributed by atoms with Gasteiger partial charge in [0, 0.05) is 88.2 Å². The molecule has 2 aliphatic rings. The lowest BCUT2D eigenvalue weighted by Gasteiger charge is -2.38. The number of carbonyl (C=O) groups is 12. The van der Waals surface area contributed by atoms with Crippen molar-refractivity contribution in [1.29, 1.82) is 0 Å². The van der Waals surface area contributed by atoms with Crippen molar-refractivity contribution in [1.82, 2.24) is 60.5 Å². The second-order valence-electron chi connectivity index (χ2n) is 31.3. The number of aliphatic hydroxyl groups is 1. The van der Waals surface area contributed by atoms with Gasteiger partial charge in [0.25, 0.3) is 0 Å². The Labute approximate surface area is 626 Å². The molecule has 0 aromatic heterocycles. The summed E-state index contributed by atoms with van der Waals surface area (Å²) >= 11 is 0. The van der Waals surface area contributed by atoms with E-state index in [1.165, 1.54) is 107 Å². The number of hydrogen-bond acceptors (Lipinski definition) is 15. The molecule has 0 radical (unpaired) electrons. The van der Waals surface area contributed by atoms with E-state index in [0.29, 0.717) is 37.1 Å². The molecule has 0 bridgehead atoms. The normalized spacial score (nSPS) is 24.7. The van der Waals surface area contributed by atoms with Crippen LogP contribution in [0, 0.1) is 23.7 Å². The number of carbonyl (C=O) groups excluding carboxylic acids is 12. The Hall–Kier alpha value is -8.34. The Morgan fingerprint density at radius 2 is 0.953 bits per heavy atom. The van der Waals surface area contributed by atoms with Gasteiger partial charge >= 0.3 is 6.61 Å². The lowest BCUT2D eigenvalue weighted by molar-refractivity contribution is -0.151. The van der Waals surface area contributed by atoms with Crippen LogP contribution < -0.4 is 26.0 Å². The zero-order valence-corrected chi connectivity index (χ0v) is 66.2. The number of nitrogens with zero attached hydrogens (tertiary/aromatic N) is 8. The Morgan fingerprint density at radius 3 is 1.47 bits per heavy atom. The van der Waals surface area contributed by atoms with Crippen molar-refractivity contribution in [2.45, 2.75) is 246 Å². The highest BCUT2D eigenvalue weighted by molar-refractivity contribution is 6.00. The molecule has 0 spiro atoms. The van der Waals surface area contributed by atoms with Gasteiger partial charge in [-0.25, -0.2) is 0 Å². The highest BCUT2D eigenvalue weighted by atomic mass is 19.3. The van der Waals surface area contributed by atoms with Crippen LogP contribution in [0.15, 0.2) is 54.6 Å². The number of likely N-dealkylation sites (N-methyl/N-ethyl adjacent to an activating group) is 6. The zero-order chi connectivity index (χ0) is 79.9. The van der Waals surface area contributed by atoms with Gasteiger partial charge in [0.05, 0.1) is 24.7 Å². The second kappa shape index (κ2) is 41.7. The highest BCUT2D eigenvalue weighted by Crippen LogP contribution is 2.25. The third-order valence-corrected chi connectivity index (χ3v) is 19.5.